The van der Waals surface area contributed by atoms with Gasteiger partial charge in [-0.15, -0.1) is 0 Å². The SMILES string of the molecule is CS(=O)(=O)[O-].OCCOCCOCCOCCOCCOCCn1cc[n+](CCOCCOCCOCCOCCOCCO)c1. The molecular weight excluding hydrogens is 636 g/mol. The quantitative estimate of drug-likeness (QED) is 0.0460. The monoisotopic (exact) mass is 692 g/mol. The van der Waals surface area contributed by atoms with Crippen molar-refractivity contribution in [3.8, 4) is 0 Å². The summed E-state index contributed by atoms with van der Waals surface area (Å²) in [5.74, 6) is 0. The van der Waals surface area contributed by atoms with Crippen molar-refractivity contribution in [3.05, 3.63) is 18.7 Å². The number of hydrogen-bond acceptors (Lipinski definition) is 15. The molecule has 0 aliphatic carbocycles. The van der Waals surface area contributed by atoms with Gasteiger partial charge in [-0.05, 0) is 0 Å². The number of ether oxygens (including phenoxy) is 10. The maximum Gasteiger partial charge on any atom is 0.243 e. The first-order valence-corrected chi connectivity index (χ1v) is 17.1. The third-order valence-corrected chi connectivity index (χ3v) is 5.18. The van der Waals surface area contributed by atoms with Crippen LogP contribution in [0.25, 0.3) is 0 Å². The van der Waals surface area contributed by atoms with Crippen molar-refractivity contribution in [3.63, 3.8) is 0 Å². The van der Waals surface area contributed by atoms with Crippen LogP contribution in [-0.2, 0) is 70.6 Å². The predicted octanol–water partition coefficient (Wildman–Crippen LogP) is -1.91. The Hall–Kier alpha value is -1.36. The highest BCUT2D eigenvalue weighted by molar-refractivity contribution is 7.84. The molecule has 18 heteroatoms. The minimum absolute atomic E-state index is 0.0271. The van der Waals surface area contributed by atoms with Gasteiger partial charge in [0.15, 0.2) is 0 Å². The first-order valence-electron chi connectivity index (χ1n) is 15.3. The van der Waals surface area contributed by atoms with Crippen LogP contribution in [0.3, 0.4) is 0 Å². The van der Waals surface area contributed by atoms with E-state index in [4.69, 9.17) is 70.6 Å². The smallest absolute Gasteiger partial charge is 0.243 e. The van der Waals surface area contributed by atoms with Crippen LogP contribution < -0.4 is 4.57 Å². The highest BCUT2D eigenvalue weighted by atomic mass is 32.2. The molecule has 0 aliphatic heterocycles. The molecule has 0 amide bonds. The first kappa shape index (κ1) is 44.6. The lowest BCUT2D eigenvalue weighted by molar-refractivity contribution is -0.698. The topological polar surface area (TPSA) is 199 Å². The molecule has 0 aromatic carbocycles. The molecule has 0 bridgehead atoms. The zero-order valence-corrected chi connectivity index (χ0v) is 28.0. The van der Waals surface area contributed by atoms with Crippen molar-refractivity contribution in [2.75, 3.05) is 152 Å². The molecule has 1 rings (SSSR count). The van der Waals surface area contributed by atoms with Gasteiger partial charge in [-0.3, -0.25) is 0 Å². The average molecular weight is 693 g/mol. The van der Waals surface area contributed by atoms with Gasteiger partial charge in [-0.25, -0.2) is 17.6 Å². The number of aliphatic hydroxyl groups excluding tert-OH is 2. The number of aromatic nitrogens is 2. The highest BCUT2D eigenvalue weighted by Crippen LogP contribution is 1.89. The Bertz CT molecular complexity index is 790. The van der Waals surface area contributed by atoms with E-state index in [0.717, 1.165) is 13.1 Å². The van der Waals surface area contributed by atoms with Crippen LogP contribution in [0.1, 0.15) is 0 Å². The summed E-state index contributed by atoms with van der Waals surface area (Å²) in [6, 6.07) is 0. The maximum atomic E-state index is 9.08. The van der Waals surface area contributed by atoms with Crippen LogP contribution in [0.15, 0.2) is 18.7 Å². The molecule has 0 saturated carbocycles. The molecule has 0 aliphatic rings. The summed E-state index contributed by atoms with van der Waals surface area (Å²) in [4.78, 5) is 0. The van der Waals surface area contributed by atoms with Crippen molar-refractivity contribution >= 4 is 10.1 Å². The zero-order valence-electron chi connectivity index (χ0n) is 27.2. The Morgan fingerprint density at radius 3 is 1.15 bits per heavy atom. The van der Waals surface area contributed by atoms with E-state index in [9.17, 15) is 0 Å². The Morgan fingerprint density at radius 2 is 0.826 bits per heavy atom. The van der Waals surface area contributed by atoms with E-state index >= 15 is 0 Å². The van der Waals surface area contributed by atoms with Crippen LogP contribution in [0.2, 0.25) is 0 Å². The van der Waals surface area contributed by atoms with E-state index in [-0.39, 0.29) is 13.2 Å². The van der Waals surface area contributed by atoms with Crippen molar-refractivity contribution in [2.24, 2.45) is 0 Å². The van der Waals surface area contributed by atoms with Crippen LogP contribution in [-0.4, -0.2) is 179 Å². The third-order valence-electron chi connectivity index (χ3n) is 5.18. The number of nitrogens with zero attached hydrogens (tertiary/aromatic N) is 2. The summed E-state index contributed by atoms with van der Waals surface area (Å²) in [5.41, 5.74) is 0. The number of rotatable bonds is 34. The third kappa shape index (κ3) is 38.8. The van der Waals surface area contributed by atoms with Crippen LogP contribution in [0, 0.1) is 0 Å². The van der Waals surface area contributed by atoms with Gasteiger partial charge in [0.1, 0.15) is 25.5 Å². The average Bonchev–Trinajstić information content (AvgIpc) is 3.47. The summed E-state index contributed by atoms with van der Waals surface area (Å²) in [6.45, 7) is 11.7. The van der Waals surface area contributed by atoms with E-state index in [1.165, 1.54) is 0 Å². The number of hydrogen-bond donors (Lipinski definition) is 2. The Balaban J connectivity index is 0.00000373. The van der Waals surface area contributed by atoms with Crippen molar-refractivity contribution < 1.29 is 75.1 Å². The molecule has 1 aromatic rings. The molecule has 0 spiro atoms. The molecule has 0 unspecified atom stereocenters. The molecule has 46 heavy (non-hydrogen) atoms. The number of aliphatic hydroxyl groups is 2. The minimum Gasteiger partial charge on any atom is -0.748 e. The van der Waals surface area contributed by atoms with Crippen LogP contribution in [0.4, 0.5) is 0 Å². The summed E-state index contributed by atoms with van der Waals surface area (Å²) in [6.07, 6.45) is 6.67. The van der Waals surface area contributed by atoms with Crippen LogP contribution in [0.5, 0.6) is 0 Å². The molecule has 1 aromatic heterocycles. The summed E-state index contributed by atoms with van der Waals surface area (Å²) in [7, 11) is -3.92. The van der Waals surface area contributed by atoms with Crippen molar-refractivity contribution in [2.45, 2.75) is 13.1 Å². The molecule has 0 radical (unpaired) electrons. The molecule has 17 nitrogen and oxygen atoms in total. The summed E-state index contributed by atoms with van der Waals surface area (Å²) >= 11 is 0. The predicted molar refractivity (Wildman–Crippen MR) is 163 cm³/mol. The minimum atomic E-state index is -3.92. The van der Waals surface area contributed by atoms with Crippen molar-refractivity contribution in [1.82, 2.24) is 4.57 Å². The van der Waals surface area contributed by atoms with E-state index in [1.807, 2.05) is 18.7 Å². The zero-order chi connectivity index (χ0) is 33.8. The van der Waals surface area contributed by atoms with Gasteiger partial charge in [-0.1, -0.05) is 0 Å². The lowest BCUT2D eigenvalue weighted by Gasteiger charge is -2.07. The lowest BCUT2D eigenvalue weighted by atomic mass is 10.6. The van der Waals surface area contributed by atoms with E-state index in [2.05, 4.69) is 9.13 Å². The molecular formula is C28H56N2O15S. The molecule has 0 saturated heterocycles. The largest absolute Gasteiger partial charge is 0.748 e. The fourth-order valence-corrected chi connectivity index (χ4v) is 3.14. The van der Waals surface area contributed by atoms with E-state index in [1.54, 1.807) is 0 Å². The Morgan fingerprint density at radius 1 is 0.543 bits per heavy atom. The molecule has 1 heterocycles. The summed E-state index contributed by atoms with van der Waals surface area (Å²) < 4.78 is 85.3. The van der Waals surface area contributed by atoms with Crippen molar-refractivity contribution in [1.29, 1.82) is 0 Å². The Kier molecular flexibility index (Phi) is 33.9. The second-order valence-electron chi connectivity index (χ2n) is 9.16. The standard InChI is InChI=1S/C27H53N2O12.CH4O3S/c30-5-9-34-13-17-38-21-25-40-23-19-36-15-11-32-7-3-28-1-2-29(27-28)4-8-33-12-16-37-20-24-41-26-22-39-18-14-35-10-6-31;1-5(2,3)4/h1-2,27,30-31H,3-26H2;1H3,(H,2,3,4)/q+1;/p-1. The van der Waals surface area contributed by atoms with Gasteiger partial charge in [0, 0.05) is 6.26 Å². The second kappa shape index (κ2) is 35.0. The molecule has 0 fully saturated rings. The number of imidazole rings is 1. The normalized spacial score (nSPS) is 11.6. The highest BCUT2D eigenvalue weighted by Gasteiger charge is 2.04. The molecule has 274 valence electrons. The lowest BCUT2D eigenvalue weighted by Crippen LogP contribution is -2.34. The van der Waals surface area contributed by atoms with Gasteiger partial charge in [0.25, 0.3) is 0 Å². The van der Waals surface area contributed by atoms with Gasteiger partial charge in [-0.2, -0.15) is 0 Å². The second-order valence-corrected chi connectivity index (χ2v) is 10.6. The summed E-state index contributed by atoms with van der Waals surface area (Å²) in [5, 5.41) is 17.2. The Labute approximate surface area is 273 Å². The fourth-order valence-electron chi connectivity index (χ4n) is 3.14. The molecule has 2 N–H and O–H groups in total. The van der Waals surface area contributed by atoms with Crippen LogP contribution >= 0.6 is 0 Å². The van der Waals surface area contributed by atoms with Gasteiger partial charge >= 0.3 is 0 Å². The van der Waals surface area contributed by atoms with Gasteiger partial charge in [0.2, 0.25) is 6.33 Å². The first-order chi connectivity index (χ1) is 22.4. The van der Waals surface area contributed by atoms with E-state index in [0.29, 0.717) is 138 Å². The van der Waals surface area contributed by atoms with E-state index < -0.39 is 10.1 Å². The molecule has 0 atom stereocenters. The van der Waals surface area contributed by atoms with Gasteiger partial charge < -0.3 is 62.1 Å². The van der Waals surface area contributed by atoms with Gasteiger partial charge in [0.05, 0.1) is 155 Å². The fraction of sp³-hybridized carbons (Fsp3) is 0.893. The maximum absolute atomic E-state index is 9.08.